The first-order valence-corrected chi connectivity index (χ1v) is 11.6. The molecular weight excluding hydrogens is 529 g/mol. The van der Waals surface area contributed by atoms with E-state index in [0.29, 0.717) is 6.79 Å². The van der Waals surface area contributed by atoms with Crippen molar-refractivity contribution in [1.82, 2.24) is 14.8 Å². The molecule has 0 radical (unpaired) electrons. The summed E-state index contributed by atoms with van der Waals surface area (Å²) in [6.45, 7) is 6.24. The van der Waals surface area contributed by atoms with Gasteiger partial charge in [-0.15, -0.1) is 37.2 Å². The van der Waals surface area contributed by atoms with Gasteiger partial charge in [0.1, 0.15) is 0 Å². The van der Waals surface area contributed by atoms with Gasteiger partial charge in [-0.1, -0.05) is 6.42 Å². The molecule has 0 spiro atoms. The van der Waals surface area contributed by atoms with Crippen molar-refractivity contribution in [2.75, 3.05) is 33.0 Å². The van der Waals surface area contributed by atoms with E-state index in [0.717, 1.165) is 43.5 Å². The van der Waals surface area contributed by atoms with Crippen LogP contribution < -0.4 is 9.47 Å². The molecular formula is C25H42Cl3N3O5. The molecule has 3 aliphatic rings. The second-order valence-corrected chi connectivity index (χ2v) is 8.93. The molecule has 0 saturated carbocycles. The fourth-order valence-electron chi connectivity index (χ4n) is 5.24. The highest BCUT2D eigenvalue weighted by atomic mass is 35.5. The summed E-state index contributed by atoms with van der Waals surface area (Å²) >= 11 is 0. The second kappa shape index (κ2) is 18.0. The molecule has 11 heteroatoms. The maximum absolute atomic E-state index is 5.59. The average molecular weight is 571 g/mol. The molecule has 8 nitrogen and oxygen atoms in total. The van der Waals surface area contributed by atoms with E-state index >= 15 is 0 Å². The molecule has 6 N–H and O–H groups in total. The highest BCUT2D eigenvalue weighted by Crippen LogP contribution is 2.36. The molecule has 1 aromatic heterocycles. The minimum atomic E-state index is 0. The zero-order valence-corrected chi connectivity index (χ0v) is 23.1. The maximum atomic E-state index is 5.59. The highest BCUT2D eigenvalue weighted by molar-refractivity contribution is 5.86. The van der Waals surface area contributed by atoms with Crippen molar-refractivity contribution in [3.05, 3.63) is 53.3 Å². The fraction of sp³-hybridized carbons (Fsp3) is 0.560. The lowest BCUT2D eigenvalue weighted by Gasteiger charge is -2.38. The average Bonchev–Trinajstić information content (AvgIpc) is 3.25. The Hall–Kier alpha value is -1.36. The first kappa shape index (κ1) is 36.8. The molecule has 0 amide bonds. The van der Waals surface area contributed by atoms with E-state index in [9.17, 15) is 0 Å². The predicted molar refractivity (Wildman–Crippen MR) is 151 cm³/mol. The van der Waals surface area contributed by atoms with Crippen molar-refractivity contribution in [2.24, 2.45) is 0 Å². The van der Waals surface area contributed by atoms with Crippen LogP contribution >= 0.6 is 37.2 Å². The number of halogens is 3. The van der Waals surface area contributed by atoms with Crippen molar-refractivity contribution < 1.29 is 25.9 Å². The molecule has 5 rings (SSSR count). The van der Waals surface area contributed by atoms with Crippen molar-refractivity contribution in [3.8, 4) is 11.5 Å². The molecule has 2 aromatic rings. The number of benzene rings is 1. The first-order valence-electron chi connectivity index (χ1n) is 11.6. The Morgan fingerprint density at radius 2 is 1.56 bits per heavy atom. The summed E-state index contributed by atoms with van der Waals surface area (Å²) < 4.78 is 11.1. The number of hydrogen-bond acceptors (Lipinski definition) is 5. The predicted octanol–water partition coefficient (Wildman–Crippen LogP) is 2.84. The molecule has 1 unspecified atom stereocenters. The Bertz CT molecular complexity index is 866. The Morgan fingerprint density at radius 3 is 2.28 bits per heavy atom. The lowest BCUT2D eigenvalue weighted by Crippen LogP contribution is -2.42. The molecule has 4 heterocycles. The van der Waals surface area contributed by atoms with Crippen LogP contribution in [0.15, 0.2) is 36.7 Å². The standard InChI is InChI=1S/C25H33N3O2.3ClH.3H2O/c1-2-12-28(13-3-4-20-6-10-26-11-7-20)23(5-1)9-15-27-14-8-21-16-24-25(30-19-29-24)17-22(21)18-27;;;;;;/h6-7,10-11,16-17,23H,1-5,8-9,12-15,18-19H2;3*1H;3*1H2. The molecule has 0 aliphatic carbocycles. The van der Waals surface area contributed by atoms with Gasteiger partial charge in [-0.2, -0.15) is 0 Å². The monoisotopic (exact) mass is 569 g/mol. The van der Waals surface area contributed by atoms with Gasteiger partial charge in [0.05, 0.1) is 0 Å². The quantitative estimate of drug-likeness (QED) is 0.505. The molecule has 1 aromatic carbocycles. The Balaban J connectivity index is 0. The third-order valence-electron chi connectivity index (χ3n) is 6.97. The third kappa shape index (κ3) is 9.19. The highest BCUT2D eigenvalue weighted by Gasteiger charge is 2.25. The van der Waals surface area contributed by atoms with Crippen LogP contribution in [-0.4, -0.2) is 70.2 Å². The normalized spacial score (nSPS) is 17.9. The van der Waals surface area contributed by atoms with E-state index in [1.54, 1.807) is 0 Å². The van der Waals surface area contributed by atoms with Crippen molar-refractivity contribution >= 4 is 37.2 Å². The number of piperidine rings is 1. The molecule has 1 fully saturated rings. The molecule has 3 aliphatic heterocycles. The maximum Gasteiger partial charge on any atom is 0.231 e. The van der Waals surface area contributed by atoms with Crippen LogP contribution in [0.3, 0.4) is 0 Å². The third-order valence-corrected chi connectivity index (χ3v) is 6.97. The first-order chi connectivity index (χ1) is 14.8. The Morgan fingerprint density at radius 1 is 0.861 bits per heavy atom. The van der Waals surface area contributed by atoms with E-state index < -0.39 is 0 Å². The van der Waals surface area contributed by atoms with Gasteiger partial charge in [-0.3, -0.25) is 9.88 Å². The zero-order valence-electron chi connectivity index (χ0n) is 20.6. The smallest absolute Gasteiger partial charge is 0.231 e. The number of likely N-dealkylation sites (tertiary alicyclic amines) is 1. The van der Waals surface area contributed by atoms with Gasteiger partial charge >= 0.3 is 0 Å². The van der Waals surface area contributed by atoms with E-state index in [2.05, 4.69) is 39.0 Å². The van der Waals surface area contributed by atoms with Crippen molar-refractivity contribution in [3.63, 3.8) is 0 Å². The van der Waals surface area contributed by atoms with Gasteiger partial charge in [0, 0.05) is 31.5 Å². The summed E-state index contributed by atoms with van der Waals surface area (Å²) in [6.07, 6.45) is 12.7. The van der Waals surface area contributed by atoms with Crippen molar-refractivity contribution in [1.29, 1.82) is 0 Å². The largest absolute Gasteiger partial charge is 0.454 e. The zero-order chi connectivity index (χ0) is 20.2. The van der Waals surface area contributed by atoms with Crippen LogP contribution in [0.25, 0.3) is 0 Å². The summed E-state index contributed by atoms with van der Waals surface area (Å²) in [5.41, 5.74) is 4.26. The van der Waals surface area contributed by atoms with Crippen LogP contribution in [0.1, 0.15) is 48.8 Å². The van der Waals surface area contributed by atoms with Crippen LogP contribution in [0.2, 0.25) is 0 Å². The van der Waals surface area contributed by atoms with Crippen LogP contribution in [-0.2, 0) is 19.4 Å². The topological polar surface area (TPSA) is 132 Å². The summed E-state index contributed by atoms with van der Waals surface area (Å²) in [7, 11) is 0. The molecule has 208 valence electrons. The lowest BCUT2D eigenvalue weighted by atomic mass is 9.96. The summed E-state index contributed by atoms with van der Waals surface area (Å²) in [6, 6.07) is 9.44. The molecule has 36 heavy (non-hydrogen) atoms. The van der Waals surface area contributed by atoms with E-state index in [1.165, 1.54) is 68.4 Å². The van der Waals surface area contributed by atoms with Crippen molar-refractivity contribution in [2.45, 2.75) is 57.5 Å². The molecule has 1 saturated heterocycles. The number of nitrogens with zero attached hydrogens (tertiary/aromatic N) is 3. The Labute approximate surface area is 232 Å². The van der Waals surface area contributed by atoms with E-state index in [-0.39, 0.29) is 53.6 Å². The minimum Gasteiger partial charge on any atom is -0.454 e. The van der Waals surface area contributed by atoms with Crippen LogP contribution in [0, 0.1) is 0 Å². The number of ether oxygens (including phenoxy) is 2. The number of fused-ring (bicyclic) bond motifs is 2. The Kier molecular flexibility index (Phi) is 18.4. The van der Waals surface area contributed by atoms with E-state index in [1.807, 2.05) is 12.4 Å². The van der Waals surface area contributed by atoms with Gasteiger partial charge in [0.25, 0.3) is 0 Å². The van der Waals surface area contributed by atoms with Crippen LogP contribution in [0.4, 0.5) is 0 Å². The van der Waals surface area contributed by atoms with Gasteiger partial charge in [-0.25, -0.2) is 0 Å². The second-order valence-electron chi connectivity index (χ2n) is 8.93. The molecule has 1 atom stereocenters. The fourth-order valence-corrected chi connectivity index (χ4v) is 5.24. The number of hydrogen-bond donors (Lipinski definition) is 0. The lowest BCUT2D eigenvalue weighted by molar-refractivity contribution is 0.121. The minimum absolute atomic E-state index is 0. The summed E-state index contributed by atoms with van der Waals surface area (Å²) in [5, 5.41) is 0. The SMILES string of the molecule is Cl.Cl.Cl.O.O.O.c1cc(CCCN2CCCCC2CCN2CCc3cc4c(cc3C2)OCO4)ccn1. The van der Waals surface area contributed by atoms with Gasteiger partial charge in [0.15, 0.2) is 11.5 Å². The number of aromatic nitrogens is 1. The molecule has 0 bridgehead atoms. The number of pyridine rings is 1. The summed E-state index contributed by atoms with van der Waals surface area (Å²) in [4.78, 5) is 9.52. The number of rotatable bonds is 7. The summed E-state index contributed by atoms with van der Waals surface area (Å²) in [5.74, 6) is 1.84. The van der Waals surface area contributed by atoms with E-state index in [4.69, 9.17) is 9.47 Å². The number of aryl methyl sites for hydroxylation is 1. The van der Waals surface area contributed by atoms with Gasteiger partial charge in [-0.05, 0) is 99.1 Å². The van der Waals surface area contributed by atoms with Gasteiger partial charge in [0.2, 0.25) is 6.79 Å². The van der Waals surface area contributed by atoms with Gasteiger partial charge < -0.3 is 30.8 Å². The van der Waals surface area contributed by atoms with Crippen LogP contribution in [0.5, 0.6) is 11.5 Å².